The van der Waals surface area contributed by atoms with Gasteiger partial charge in [-0.15, -0.1) is 0 Å². The molecule has 1 fully saturated rings. The van der Waals surface area contributed by atoms with Gasteiger partial charge in [0.15, 0.2) is 0 Å². The molecule has 3 nitrogen and oxygen atoms in total. The smallest absolute Gasteiger partial charge is 0.0702 e. The van der Waals surface area contributed by atoms with Gasteiger partial charge in [0.05, 0.1) is 5.52 Å². The van der Waals surface area contributed by atoms with Crippen molar-refractivity contribution in [3.63, 3.8) is 0 Å². The first-order valence-corrected chi connectivity index (χ1v) is 6.99. The number of hydrogen-bond donors (Lipinski definition) is 1. The van der Waals surface area contributed by atoms with Gasteiger partial charge in [0.1, 0.15) is 0 Å². The molecule has 0 bridgehead atoms. The van der Waals surface area contributed by atoms with Crippen LogP contribution in [0.15, 0.2) is 36.5 Å². The lowest BCUT2D eigenvalue weighted by atomic mass is 9.93. The predicted molar refractivity (Wildman–Crippen MR) is 79.1 cm³/mol. The molecule has 2 unspecified atom stereocenters. The van der Waals surface area contributed by atoms with Crippen molar-refractivity contribution in [2.75, 3.05) is 27.2 Å². The summed E-state index contributed by atoms with van der Waals surface area (Å²) in [5.74, 6) is 0.698. The highest BCUT2D eigenvalue weighted by atomic mass is 15.2. The van der Waals surface area contributed by atoms with Crippen LogP contribution < -0.4 is 5.32 Å². The fourth-order valence-corrected chi connectivity index (χ4v) is 3.31. The summed E-state index contributed by atoms with van der Waals surface area (Å²) in [5, 5.41) is 4.57. The maximum atomic E-state index is 4.40. The molecule has 0 spiro atoms. The van der Waals surface area contributed by atoms with E-state index in [2.05, 4.69) is 46.5 Å². The summed E-state index contributed by atoms with van der Waals surface area (Å²) in [6.45, 7) is 2.27. The van der Waals surface area contributed by atoms with Crippen LogP contribution in [-0.4, -0.2) is 37.1 Å². The second-order valence-corrected chi connectivity index (χ2v) is 5.49. The molecule has 1 aliphatic rings. The third-order valence-electron chi connectivity index (χ3n) is 4.21. The third kappa shape index (κ3) is 2.36. The van der Waals surface area contributed by atoms with Gasteiger partial charge in [0.25, 0.3) is 0 Å². The largest absolute Gasteiger partial charge is 0.319 e. The van der Waals surface area contributed by atoms with E-state index in [-0.39, 0.29) is 0 Å². The van der Waals surface area contributed by atoms with Gasteiger partial charge in [-0.3, -0.25) is 9.88 Å². The van der Waals surface area contributed by atoms with Gasteiger partial charge in [-0.2, -0.15) is 0 Å². The predicted octanol–water partition coefficient (Wildman–Crippen LogP) is 2.45. The Labute approximate surface area is 114 Å². The van der Waals surface area contributed by atoms with E-state index < -0.39 is 0 Å². The van der Waals surface area contributed by atoms with Gasteiger partial charge in [0, 0.05) is 17.6 Å². The van der Waals surface area contributed by atoms with E-state index >= 15 is 0 Å². The van der Waals surface area contributed by atoms with Crippen LogP contribution in [0.2, 0.25) is 0 Å². The summed E-state index contributed by atoms with van der Waals surface area (Å²) in [7, 11) is 4.27. The lowest BCUT2D eigenvalue weighted by Crippen LogP contribution is -2.26. The van der Waals surface area contributed by atoms with Crippen LogP contribution in [0, 0.1) is 5.92 Å². The van der Waals surface area contributed by atoms with Gasteiger partial charge in [-0.1, -0.05) is 12.1 Å². The van der Waals surface area contributed by atoms with E-state index in [0.717, 1.165) is 12.1 Å². The van der Waals surface area contributed by atoms with Crippen LogP contribution in [-0.2, 0) is 0 Å². The van der Waals surface area contributed by atoms with Crippen LogP contribution in [0.3, 0.4) is 0 Å². The Hall–Kier alpha value is -1.45. The highest BCUT2D eigenvalue weighted by Crippen LogP contribution is 2.36. The van der Waals surface area contributed by atoms with Gasteiger partial charge in [-0.05, 0) is 63.3 Å². The quantitative estimate of drug-likeness (QED) is 0.913. The van der Waals surface area contributed by atoms with E-state index in [0.29, 0.717) is 12.0 Å². The van der Waals surface area contributed by atoms with E-state index in [9.17, 15) is 0 Å². The molecule has 1 aromatic carbocycles. The molecule has 2 aromatic rings. The topological polar surface area (TPSA) is 28.2 Å². The Balaban J connectivity index is 1.97. The minimum absolute atomic E-state index is 0.525. The van der Waals surface area contributed by atoms with Crippen molar-refractivity contribution in [2.24, 2.45) is 5.92 Å². The minimum Gasteiger partial charge on any atom is -0.319 e. The summed E-state index contributed by atoms with van der Waals surface area (Å²) < 4.78 is 0. The summed E-state index contributed by atoms with van der Waals surface area (Å²) in [6, 6.07) is 11.4. The molecule has 2 atom stereocenters. The molecule has 1 aliphatic heterocycles. The molecule has 0 amide bonds. The first-order chi connectivity index (χ1) is 9.29. The van der Waals surface area contributed by atoms with Crippen LogP contribution >= 0.6 is 0 Å². The Morgan fingerprint density at radius 1 is 1.37 bits per heavy atom. The monoisotopic (exact) mass is 255 g/mol. The number of fused-ring (bicyclic) bond motifs is 1. The first-order valence-electron chi connectivity index (χ1n) is 6.99. The molecule has 3 rings (SSSR count). The lowest BCUT2D eigenvalue weighted by molar-refractivity contribution is 0.274. The number of hydrogen-bond acceptors (Lipinski definition) is 3. The third-order valence-corrected chi connectivity index (χ3v) is 4.21. The highest BCUT2D eigenvalue weighted by Gasteiger charge is 2.32. The van der Waals surface area contributed by atoms with E-state index in [1.807, 2.05) is 19.3 Å². The number of pyridine rings is 1. The van der Waals surface area contributed by atoms with Gasteiger partial charge >= 0.3 is 0 Å². The van der Waals surface area contributed by atoms with Crippen molar-refractivity contribution in [3.05, 3.63) is 42.1 Å². The average Bonchev–Trinajstić information content (AvgIpc) is 2.80. The van der Waals surface area contributed by atoms with Crippen LogP contribution in [0.1, 0.15) is 18.0 Å². The van der Waals surface area contributed by atoms with Crippen LogP contribution in [0.25, 0.3) is 10.9 Å². The number of aromatic nitrogens is 1. The van der Waals surface area contributed by atoms with Crippen LogP contribution in [0.5, 0.6) is 0 Å². The number of likely N-dealkylation sites (tertiary alicyclic amines) is 1. The lowest BCUT2D eigenvalue weighted by Gasteiger charge is -2.25. The number of nitrogens with one attached hydrogen (secondary N) is 1. The Morgan fingerprint density at radius 2 is 2.26 bits per heavy atom. The summed E-state index contributed by atoms with van der Waals surface area (Å²) in [5.41, 5.74) is 2.50. The van der Waals surface area contributed by atoms with Crippen molar-refractivity contribution in [1.82, 2.24) is 15.2 Å². The van der Waals surface area contributed by atoms with E-state index in [1.54, 1.807) is 0 Å². The molecule has 2 heterocycles. The SMILES string of the molecule is CNCC1CCN(C)C1c1ccc2ncccc2c1. The number of nitrogens with zero attached hydrogens (tertiary/aromatic N) is 2. The zero-order valence-electron chi connectivity index (χ0n) is 11.6. The molecule has 1 aromatic heterocycles. The molecule has 0 radical (unpaired) electrons. The fourth-order valence-electron chi connectivity index (χ4n) is 3.31. The summed E-state index contributed by atoms with van der Waals surface area (Å²) in [4.78, 5) is 6.87. The van der Waals surface area contributed by atoms with Crippen molar-refractivity contribution >= 4 is 10.9 Å². The molecular formula is C16H21N3. The Kier molecular flexibility index (Phi) is 3.49. The maximum Gasteiger partial charge on any atom is 0.0702 e. The van der Waals surface area contributed by atoms with E-state index in [1.165, 1.54) is 23.9 Å². The number of rotatable bonds is 3. The van der Waals surface area contributed by atoms with Crippen molar-refractivity contribution < 1.29 is 0 Å². The molecule has 3 heteroatoms. The molecule has 0 aliphatic carbocycles. The highest BCUT2D eigenvalue weighted by molar-refractivity contribution is 5.79. The second-order valence-electron chi connectivity index (χ2n) is 5.49. The van der Waals surface area contributed by atoms with Crippen molar-refractivity contribution in [3.8, 4) is 0 Å². The molecule has 100 valence electrons. The van der Waals surface area contributed by atoms with Crippen molar-refractivity contribution in [1.29, 1.82) is 0 Å². The van der Waals surface area contributed by atoms with Gasteiger partial charge in [0.2, 0.25) is 0 Å². The van der Waals surface area contributed by atoms with E-state index in [4.69, 9.17) is 0 Å². The Morgan fingerprint density at radius 3 is 3.11 bits per heavy atom. The second kappa shape index (κ2) is 5.27. The average molecular weight is 255 g/mol. The van der Waals surface area contributed by atoms with Gasteiger partial charge in [-0.25, -0.2) is 0 Å². The Bertz CT molecular complexity index is 565. The zero-order valence-corrected chi connectivity index (χ0v) is 11.6. The zero-order chi connectivity index (χ0) is 13.2. The van der Waals surface area contributed by atoms with Crippen LogP contribution in [0.4, 0.5) is 0 Å². The summed E-state index contributed by atoms with van der Waals surface area (Å²) >= 11 is 0. The molecular weight excluding hydrogens is 234 g/mol. The molecule has 0 saturated carbocycles. The van der Waals surface area contributed by atoms with Crippen molar-refractivity contribution in [2.45, 2.75) is 12.5 Å². The molecule has 1 saturated heterocycles. The van der Waals surface area contributed by atoms with Gasteiger partial charge < -0.3 is 5.32 Å². The number of benzene rings is 1. The summed E-state index contributed by atoms with van der Waals surface area (Å²) in [6.07, 6.45) is 3.13. The maximum absolute atomic E-state index is 4.40. The minimum atomic E-state index is 0.525. The molecule has 19 heavy (non-hydrogen) atoms. The fraction of sp³-hybridized carbons (Fsp3) is 0.438. The standard InChI is InChI=1S/C16H21N3/c1-17-11-14-7-9-19(2)16(14)13-5-6-15-12(10-13)4-3-8-18-15/h3-6,8,10,14,16-17H,7,9,11H2,1-2H3. The normalized spacial score (nSPS) is 24.1. The first kappa shape index (κ1) is 12.6. The molecule has 1 N–H and O–H groups in total.